The maximum Gasteiger partial charge on any atom is 0.229 e. The van der Waals surface area contributed by atoms with Crippen LogP contribution in [0.3, 0.4) is 0 Å². The normalized spacial score (nSPS) is 12.5. The van der Waals surface area contributed by atoms with E-state index in [0.717, 1.165) is 42.5 Å². The molecule has 0 atom stereocenters. The molecule has 0 fully saturated rings. The van der Waals surface area contributed by atoms with Crippen molar-refractivity contribution in [3.05, 3.63) is 89.9 Å². The number of anilines is 1. The van der Waals surface area contributed by atoms with Crippen LogP contribution in [-0.2, 0) is 18.3 Å². The van der Waals surface area contributed by atoms with E-state index < -0.39 is 0 Å². The fourth-order valence-electron chi connectivity index (χ4n) is 3.40. The Kier molecular flexibility index (Phi) is 9.15. The number of carbonyl (C=O) groups is 1. The first kappa shape index (κ1) is 24.1. The highest BCUT2D eigenvalue weighted by atomic mass is 16.1. The minimum atomic E-state index is -0.0422. The molecule has 6 nitrogen and oxygen atoms in total. The Morgan fingerprint density at radius 3 is 2.48 bits per heavy atom. The zero-order valence-corrected chi connectivity index (χ0v) is 19.7. The van der Waals surface area contributed by atoms with Crippen LogP contribution in [0, 0.1) is 6.92 Å². The van der Waals surface area contributed by atoms with Crippen molar-refractivity contribution < 1.29 is 4.79 Å². The van der Waals surface area contributed by atoms with E-state index in [-0.39, 0.29) is 5.91 Å². The number of nitrogens with zero attached hydrogens (tertiary/aromatic N) is 3. The van der Waals surface area contributed by atoms with Gasteiger partial charge in [0.1, 0.15) is 5.82 Å². The predicted molar refractivity (Wildman–Crippen MR) is 135 cm³/mol. The zero-order chi connectivity index (χ0) is 23.5. The number of allylic oxidation sites excluding steroid dienone is 3. The molecule has 1 aliphatic carbocycles. The van der Waals surface area contributed by atoms with Crippen molar-refractivity contribution in [1.82, 2.24) is 20.1 Å². The van der Waals surface area contributed by atoms with Gasteiger partial charge >= 0.3 is 0 Å². The largest absolute Gasteiger partial charge is 0.319 e. The monoisotopic (exact) mass is 443 g/mol. The van der Waals surface area contributed by atoms with E-state index in [4.69, 9.17) is 0 Å². The third-order valence-corrected chi connectivity index (χ3v) is 5.29. The Morgan fingerprint density at radius 1 is 1.06 bits per heavy atom. The van der Waals surface area contributed by atoms with Crippen LogP contribution >= 0.6 is 0 Å². The fraction of sp³-hybridized carbons (Fsp3) is 0.296. The lowest BCUT2D eigenvalue weighted by Crippen LogP contribution is -2.13. The smallest absolute Gasteiger partial charge is 0.229 e. The first-order valence-corrected chi connectivity index (χ1v) is 11.3. The van der Waals surface area contributed by atoms with Gasteiger partial charge in [0.25, 0.3) is 0 Å². The van der Waals surface area contributed by atoms with Gasteiger partial charge in [-0.3, -0.25) is 9.48 Å². The number of amides is 1. The number of benzene rings is 1. The minimum absolute atomic E-state index is 0.0422. The van der Waals surface area contributed by atoms with Crippen LogP contribution in [0.15, 0.2) is 78.8 Å². The van der Waals surface area contributed by atoms with Gasteiger partial charge in [-0.2, -0.15) is 5.10 Å². The molecule has 0 aliphatic heterocycles. The average molecular weight is 444 g/mol. The number of carbonyl (C=O) groups excluding carboxylic acids is 1. The minimum Gasteiger partial charge on any atom is -0.319 e. The molecule has 0 saturated carbocycles. The van der Waals surface area contributed by atoms with Crippen LogP contribution in [0.2, 0.25) is 0 Å². The molecule has 1 aromatic carbocycles. The van der Waals surface area contributed by atoms with Crippen molar-refractivity contribution in [2.45, 2.75) is 32.6 Å². The predicted octanol–water partition coefficient (Wildman–Crippen LogP) is 4.84. The van der Waals surface area contributed by atoms with Gasteiger partial charge in [0.2, 0.25) is 5.91 Å². The summed E-state index contributed by atoms with van der Waals surface area (Å²) in [7, 11) is 3.86. The molecule has 4 rings (SSSR count). The number of nitrogens with one attached hydrogen (secondary N) is 2. The summed E-state index contributed by atoms with van der Waals surface area (Å²) in [6.45, 7) is 3.17. The highest BCUT2D eigenvalue weighted by Crippen LogP contribution is 2.19. The lowest BCUT2D eigenvalue weighted by atomic mass is 10.0. The number of hydrogen-bond donors (Lipinski definition) is 2. The molecular formula is C27H33N5O. The van der Waals surface area contributed by atoms with Crippen LogP contribution in [0.5, 0.6) is 0 Å². The number of aryl methyl sites for hydroxylation is 2. The maximum absolute atomic E-state index is 12.0. The molecule has 0 bridgehead atoms. The molecule has 0 unspecified atom stereocenters. The molecular weight excluding hydrogens is 410 g/mol. The molecule has 0 saturated heterocycles. The number of rotatable bonds is 7. The molecule has 0 radical (unpaired) electrons. The second-order valence-electron chi connectivity index (χ2n) is 8.16. The number of pyridine rings is 1. The molecule has 2 aromatic heterocycles. The van der Waals surface area contributed by atoms with E-state index in [2.05, 4.69) is 64.1 Å². The van der Waals surface area contributed by atoms with Crippen LogP contribution in [0.1, 0.15) is 30.4 Å². The van der Waals surface area contributed by atoms with Gasteiger partial charge in [0.15, 0.2) is 0 Å². The van der Waals surface area contributed by atoms with Crippen LogP contribution in [-0.4, -0.2) is 34.3 Å². The Morgan fingerprint density at radius 2 is 1.88 bits per heavy atom. The Bertz CT molecular complexity index is 1080. The van der Waals surface area contributed by atoms with Crippen molar-refractivity contribution >= 4 is 11.7 Å². The third kappa shape index (κ3) is 8.16. The summed E-state index contributed by atoms with van der Waals surface area (Å²) in [5.41, 5.74) is 5.79. The van der Waals surface area contributed by atoms with Crippen molar-refractivity contribution in [2.24, 2.45) is 7.05 Å². The van der Waals surface area contributed by atoms with Gasteiger partial charge in [-0.05, 0) is 63.0 Å². The Hall–Kier alpha value is -3.51. The summed E-state index contributed by atoms with van der Waals surface area (Å²) in [6, 6.07) is 12.4. The number of hydrogen-bond acceptors (Lipinski definition) is 4. The fourth-order valence-corrected chi connectivity index (χ4v) is 3.40. The molecule has 1 aliphatic rings. The quantitative estimate of drug-likeness (QED) is 0.548. The summed E-state index contributed by atoms with van der Waals surface area (Å²) < 4.78 is 1.75. The summed E-state index contributed by atoms with van der Waals surface area (Å²) in [6.07, 6.45) is 15.3. The van der Waals surface area contributed by atoms with Crippen LogP contribution in [0.25, 0.3) is 11.1 Å². The third-order valence-electron chi connectivity index (χ3n) is 5.29. The molecule has 0 spiro atoms. The van der Waals surface area contributed by atoms with E-state index in [1.165, 1.54) is 11.1 Å². The first-order valence-electron chi connectivity index (χ1n) is 11.3. The van der Waals surface area contributed by atoms with Gasteiger partial charge in [0.05, 0.1) is 12.6 Å². The van der Waals surface area contributed by atoms with Gasteiger partial charge in [0, 0.05) is 30.6 Å². The average Bonchev–Trinajstić information content (AvgIpc) is 3.26. The zero-order valence-electron chi connectivity index (χ0n) is 19.7. The summed E-state index contributed by atoms with van der Waals surface area (Å²) in [5, 5.41) is 10.1. The molecule has 2 heterocycles. The molecule has 6 heteroatoms. The lowest BCUT2D eigenvalue weighted by molar-refractivity contribution is -0.115. The summed E-state index contributed by atoms with van der Waals surface area (Å²) in [4.78, 5) is 16.3. The van der Waals surface area contributed by atoms with Crippen LogP contribution in [0.4, 0.5) is 5.82 Å². The van der Waals surface area contributed by atoms with Crippen molar-refractivity contribution in [2.75, 3.05) is 18.9 Å². The maximum atomic E-state index is 12.0. The highest BCUT2D eigenvalue weighted by Gasteiger charge is 2.07. The summed E-state index contributed by atoms with van der Waals surface area (Å²) in [5.74, 6) is 0.525. The van der Waals surface area contributed by atoms with E-state index in [1.807, 2.05) is 38.5 Å². The van der Waals surface area contributed by atoms with Crippen molar-refractivity contribution in [3.63, 3.8) is 0 Å². The number of likely N-dealkylation sites (N-methyl/N-ethyl adjacent to an activating group) is 1. The van der Waals surface area contributed by atoms with E-state index in [0.29, 0.717) is 12.2 Å². The second-order valence-corrected chi connectivity index (χ2v) is 8.16. The van der Waals surface area contributed by atoms with Gasteiger partial charge in [-0.1, -0.05) is 48.1 Å². The van der Waals surface area contributed by atoms with Crippen molar-refractivity contribution in [1.29, 1.82) is 0 Å². The molecule has 172 valence electrons. The Labute approximate surface area is 196 Å². The van der Waals surface area contributed by atoms with Gasteiger partial charge < -0.3 is 10.6 Å². The molecule has 2 N–H and O–H groups in total. The molecule has 3 aromatic rings. The highest BCUT2D eigenvalue weighted by molar-refractivity contribution is 5.91. The van der Waals surface area contributed by atoms with Gasteiger partial charge in [-0.15, -0.1) is 0 Å². The van der Waals surface area contributed by atoms with Crippen molar-refractivity contribution in [3.8, 4) is 11.1 Å². The summed E-state index contributed by atoms with van der Waals surface area (Å²) >= 11 is 0. The van der Waals surface area contributed by atoms with Gasteiger partial charge in [-0.25, -0.2) is 4.98 Å². The second kappa shape index (κ2) is 12.5. The molecule has 1 amide bonds. The lowest BCUT2D eigenvalue weighted by Gasteiger charge is -2.08. The number of aromatic nitrogens is 3. The van der Waals surface area contributed by atoms with E-state index >= 15 is 0 Å². The Balaban J connectivity index is 0.000000235. The first-order chi connectivity index (χ1) is 16.0. The molecule has 33 heavy (non-hydrogen) atoms. The topological polar surface area (TPSA) is 71.8 Å². The SMILES string of the molecule is CNCCc1ccc(C)cc1.Cn1cc(-c2ccc(NC(=O)CC3=CCCC=C3)nc2)cn1. The van der Waals surface area contributed by atoms with E-state index in [1.54, 1.807) is 17.1 Å². The standard InChI is InChI=1S/C17H18N4O.C10H15N/c1-21-12-15(11-19-21)14-7-8-16(18-10-14)20-17(22)9-13-5-3-2-4-6-13;1-9-3-5-10(6-4-9)7-8-11-2/h3,5-8,10-12H,2,4,9H2,1H3,(H,18,20,22);3-6,11H,7-8H2,1-2H3. The van der Waals surface area contributed by atoms with Crippen LogP contribution < -0.4 is 10.6 Å². The van der Waals surface area contributed by atoms with E-state index in [9.17, 15) is 4.79 Å².